The Bertz CT molecular complexity index is 294. The summed E-state index contributed by atoms with van der Waals surface area (Å²) < 4.78 is 0. The highest BCUT2D eigenvalue weighted by Crippen LogP contribution is 2.28. The Balaban J connectivity index is 3.04. The van der Waals surface area contributed by atoms with Crippen molar-refractivity contribution in [1.29, 1.82) is 0 Å². The first-order valence-corrected chi connectivity index (χ1v) is 4.66. The van der Waals surface area contributed by atoms with Crippen molar-refractivity contribution in [3.05, 3.63) is 34.9 Å². The average molecular weight is 196 g/mol. The maximum Gasteiger partial charge on any atom is 0.206 e. The minimum absolute atomic E-state index is 0.214. The predicted octanol–water partition coefficient (Wildman–Crippen LogP) is 3.19. The Kier molecular flexibility index (Phi) is 3.49. The molecule has 1 aromatic carbocycles. The fourth-order valence-electron chi connectivity index (χ4n) is 1.29. The van der Waals surface area contributed by atoms with Crippen molar-refractivity contribution < 1.29 is 4.79 Å². The molecule has 1 atom stereocenters. The Morgan fingerprint density at radius 1 is 1.31 bits per heavy atom. The molecule has 0 aliphatic rings. The van der Waals surface area contributed by atoms with E-state index >= 15 is 0 Å². The van der Waals surface area contributed by atoms with Crippen molar-refractivity contribution in [3.8, 4) is 0 Å². The molecule has 0 aliphatic heterocycles. The van der Waals surface area contributed by atoms with E-state index in [9.17, 15) is 4.79 Å². The highest BCUT2D eigenvalue weighted by Gasteiger charge is 2.17. The molecule has 0 amide bonds. The van der Waals surface area contributed by atoms with Gasteiger partial charge in [0.1, 0.15) is 0 Å². The number of carbonyl (C=O) groups excluding carboxylic acids is 1. The van der Waals surface area contributed by atoms with Gasteiger partial charge in [-0.1, -0.05) is 43.6 Å². The molecule has 0 aliphatic carbocycles. The van der Waals surface area contributed by atoms with Crippen LogP contribution in [0.1, 0.15) is 25.3 Å². The van der Waals surface area contributed by atoms with Crippen molar-refractivity contribution in [3.63, 3.8) is 0 Å². The molecule has 1 unspecified atom stereocenters. The van der Waals surface area contributed by atoms with Crippen LogP contribution in [0.25, 0.3) is 0 Å². The molecule has 0 N–H and O–H groups in total. The lowest BCUT2D eigenvalue weighted by Gasteiger charge is -2.14. The summed E-state index contributed by atoms with van der Waals surface area (Å²) in [6.45, 7) is 3.97. The quantitative estimate of drug-likeness (QED) is 0.724. The smallest absolute Gasteiger partial charge is 0.206 e. The average Bonchev–Trinajstić information content (AvgIpc) is 2.09. The van der Waals surface area contributed by atoms with Crippen molar-refractivity contribution in [2.75, 3.05) is 0 Å². The molecule has 0 saturated heterocycles. The van der Waals surface area contributed by atoms with E-state index < -0.39 is 0 Å². The predicted molar refractivity (Wildman–Crippen MR) is 54.7 cm³/mol. The van der Waals surface area contributed by atoms with Crippen LogP contribution in [0, 0.1) is 5.92 Å². The summed E-state index contributed by atoms with van der Waals surface area (Å²) in [5.74, 6) is 0.0195. The second-order valence-corrected chi connectivity index (χ2v) is 3.77. The molecule has 0 saturated carbocycles. The third-order valence-electron chi connectivity index (χ3n) is 2.03. The SMILES string of the molecule is CC(C)C([C]=O)c1ccccc1Cl. The highest BCUT2D eigenvalue weighted by atomic mass is 35.5. The topological polar surface area (TPSA) is 17.1 Å². The van der Waals surface area contributed by atoms with Crippen LogP contribution in [0.4, 0.5) is 0 Å². The molecule has 13 heavy (non-hydrogen) atoms. The van der Waals surface area contributed by atoms with Crippen molar-refractivity contribution in [2.24, 2.45) is 5.92 Å². The molecule has 69 valence electrons. The fraction of sp³-hybridized carbons (Fsp3) is 0.364. The normalized spacial score (nSPS) is 12.9. The number of hydrogen-bond donors (Lipinski definition) is 0. The Hall–Kier alpha value is -0.820. The monoisotopic (exact) mass is 195 g/mol. The maximum atomic E-state index is 10.7. The summed E-state index contributed by atoms with van der Waals surface area (Å²) in [6.07, 6.45) is 2.02. The summed E-state index contributed by atoms with van der Waals surface area (Å²) in [5, 5.41) is 0.643. The van der Waals surface area contributed by atoms with Crippen molar-refractivity contribution in [2.45, 2.75) is 19.8 Å². The molecule has 0 spiro atoms. The zero-order valence-electron chi connectivity index (χ0n) is 7.75. The molecule has 0 fully saturated rings. The van der Waals surface area contributed by atoms with E-state index in [4.69, 9.17) is 11.6 Å². The van der Waals surface area contributed by atoms with Crippen LogP contribution in [0.15, 0.2) is 24.3 Å². The third kappa shape index (κ3) is 2.31. The van der Waals surface area contributed by atoms with Crippen LogP contribution in [0.2, 0.25) is 5.02 Å². The van der Waals surface area contributed by atoms with Gasteiger partial charge >= 0.3 is 0 Å². The Morgan fingerprint density at radius 3 is 2.38 bits per heavy atom. The summed E-state index contributed by atoms with van der Waals surface area (Å²) in [5.41, 5.74) is 0.870. The molecule has 1 rings (SSSR count). The zero-order chi connectivity index (χ0) is 9.84. The Morgan fingerprint density at radius 2 is 1.92 bits per heavy atom. The van der Waals surface area contributed by atoms with Gasteiger partial charge < -0.3 is 0 Å². The van der Waals surface area contributed by atoms with Crippen LogP contribution in [0.3, 0.4) is 0 Å². The van der Waals surface area contributed by atoms with Crippen LogP contribution < -0.4 is 0 Å². The minimum Gasteiger partial charge on any atom is -0.290 e. The maximum absolute atomic E-state index is 10.7. The zero-order valence-corrected chi connectivity index (χ0v) is 8.51. The van der Waals surface area contributed by atoms with Crippen LogP contribution in [-0.2, 0) is 4.79 Å². The van der Waals surface area contributed by atoms with Crippen molar-refractivity contribution in [1.82, 2.24) is 0 Å². The Labute approximate surface area is 83.7 Å². The van der Waals surface area contributed by atoms with Crippen LogP contribution in [0.5, 0.6) is 0 Å². The van der Waals surface area contributed by atoms with E-state index in [1.165, 1.54) is 0 Å². The lowest BCUT2D eigenvalue weighted by molar-refractivity contribution is 0.509. The number of rotatable bonds is 3. The summed E-state index contributed by atoms with van der Waals surface area (Å²) >= 11 is 5.96. The van der Waals surface area contributed by atoms with Crippen molar-refractivity contribution >= 4 is 17.9 Å². The second kappa shape index (κ2) is 4.43. The summed E-state index contributed by atoms with van der Waals surface area (Å²) in [6, 6.07) is 7.41. The third-order valence-corrected chi connectivity index (χ3v) is 2.38. The van der Waals surface area contributed by atoms with Gasteiger partial charge in [0.2, 0.25) is 6.29 Å². The van der Waals surface area contributed by atoms with Gasteiger partial charge in [-0.2, -0.15) is 0 Å². The van der Waals surface area contributed by atoms with E-state index in [1.807, 2.05) is 38.3 Å². The first kappa shape index (κ1) is 10.3. The van der Waals surface area contributed by atoms with Gasteiger partial charge in [0.15, 0.2) is 0 Å². The van der Waals surface area contributed by atoms with Gasteiger partial charge in [-0.05, 0) is 17.5 Å². The van der Waals surface area contributed by atoms with Gasteiger partial charge in [0, 0.05) is 5.02 Å². The lowest BCUT2D eigenvalue weighted by Crippen LogP contribution is -2.08. The van der Waals surface area contributed by atoms with Gasteiger partial charge in [0.25, 0.3) is 0 Å². The summed E-state index contributed by atoms with van der Waals surface area (Å²) in [4.78, 5) is 10.7. The van der Waals surface area contributed by atoms with Crippen LogP contribution >= 0.6 is 11.6 Å². The number of halogens is 1. The largest absolute Gasteiger partial charge is 0.290 e. The van der Waals surface area contributed by atoms with E-state index in [0.29, 0.717) is 5.02 Å². The molecular weight excluding hydrogens is 184 g/mol. The van der Waals surface area contributed by atoms with E-state index in [2.05, 4.69) is 0 Å². The first-order chi connectivity index (χ1) is 6.16. The number of hydrogen-bond acceptors (Lipinski definition) is 1. The standard InChI is InChI=1S/C11H12ClO/c1-8(2)10(7-13)9-5-3-4-6-11(9)12/h3-6,8,10H,1-2H3. The first-order valence-electron chi connectivity index (χ1n) is 4.29. The molecule has 1 nitrogen and oxygen atoms in total. The fourth-order valence-corrected chi connectivity index (χ4v) is 1.54. The van der Waals surface area contributed by atoms with E-state index in [-0.39, 0.29) is 11.8 Å². The molecular formula is C11H12ClO. The minimum atomic E-state index is -0.214. The molecule has 0 heterocycles. The lowest BCUT2D eigenvalue weighted by atomic mass is 9.90. The van der Waals surface area contributed by atoms with Crippen LogP contribution in [-0.4, -0.2) is 6.29 Å². The highest BCUT2D eigenvalue weighted by molar-refractivity contribution is 6.31. The van der Waals surface area contributed by atoms with E-state index in [1.54, 1.807) is 6.07 Å². The van der Waals surface area contributed by atoms with Gasteiger partial charge in [-0.15, -0.1) is 0 Å². The molecule has 1 radical (unpaired) electrons. The van der Waals surface area contributed by atoms with Gasteiger partial charge in [-0.25, -0.2) is 0 Å². The second-order valence-electron chi connectivity index (χ2n) is 3.36. The molecule has 0 bridgehead atoms. The van der Waals surface area contributed by atoms with E-state index in [0.717, 1.165) is 5.56 Å². The molecule has 1 aromatic rings. The molecule has 2 heteroatoms. The van der Waals surface area contributed by atoms with Gasteiger partial charge in [0.05, 0.1) is 5.92 Å². The van der Waals surface area contributed by atoms with Gasteiger partial charge in [-0.3, -0.25) is 4.79 Å². The molecule has 0 aromatic heterocycles. The number of benzene rings is 1. The summed E-state index contributed by atoms with van der Waals surface area (Å²) in [7, 11) is 0.